The van der Waals surface area contributed by atoms with Gasteiger partial charge in [-0.15, -0.1) is 0 Å². The molecule has 0 spiro atoms. The quantitative estimate of drug-likeness (QED) is 0.519. The molecule has 2 fully saturated rings. The maximum atomic E-state index is 11.7. The second-order valence-electron chi connectivity index (χ2n) is 7.28. The Morgan fingerprint density at radius 2 is 1.12 bits per heavy atom. The molecular formula is C19H32N4O2. The van der Waals surface area contributed by atoms with Crippen molar-refractivity contribution in [1.29, 1.82) is 0 Å². The summed E-state index contributed by atoms with van der Waals surface area (Å²) in [6, 6.07) is 0. The Kier molecular flexibility index (Phi) is 9.23. The number of nitrogens with zero attached hydrogens (tertiary/aromatic N) is 2. The van der Waals surface area contributed by atoms with Gasteiger partial charge in [0.2, 0.25) is 11.8 Å². The minimum atomic E-state index is -0.134. The molecule has 0 saturated heterocycles. The Morgan fingerprint density at radius 3 is 1.52 bits per heavy atom. The van der Waals surface area contributed by atoms with Gasteiger partial charge in [-0.05, 0) is 43.9 Å². The first kappa shape index (κ1) is 19.6. The van der Waals surface area contributed by atoms with Crippen molar-refractivity contribution in [3.8, 4) is 0 Å². The Balaban J connectivity index is 1.50. The van der Waals surface area contributed by atoms with Crippen LogP contribution < -0.4 is 10.9 Å². The summed E-state index contributed by atoms with van der Waals surface area (Å²) in [4.78, 5) is 23.4. The lowest BCUT2D eigenvalue weighted by Gasteiger charge is -2.16. The fourth-order valence-corrected chi connectivity index (χ4v) is 3.52. The van der Waals surface area contributed by atoms with Crippen molar-refractivity contribution in [3.05, 3.63) is 0 Å². The molecule has 2 N–H and O–H groups in total. The number of hydrogen-bond acceptors (Lipinski definition) is 4. The fourth-order valence-electron chi connectivity index (χ4n) is 3.52. The van der Waals surface area contributed by atoms with Gasteiger partial charge in [-0.2, -0.15) is 10.2 Å². The van der Waals surface area contributed by atoms with Crippen molar-refractivity contribution in [3.63, 3.8) is 0 Å². The number of carbonyl (C=O) groups is 2. The Morgan fingerprint density at radius 1 is 0.720 bits per heavy atom. The number of amides is 2. The van der Waals surface area contributed by atoms with Crippen LogP contribution in [0.3, 0.4) is 0 Å². The molecular weight excluding hydrogens is 316 g/mol. The maximum Gasteiger partial charge on any atom is 0.240 e. The van der Waals surface area contributed by atoms with Gasteiger partial charge in [0.1, 0.15) is 0 Å². The van der Waals surface area contributed by atoms with Crippen LogP contribution in [0.2, 0.25) is 0 Å². The highest BCUT2D eigenvalue weighted by atomic mass is 16.2. The van der Waals surface area contributed by atoms with Crippen molar-refractivity contribution in [1.82, 2.24) is 10.9 Å². The molecule has 2 saturated carbocycles. The lowest BCUT2D eigenvalue weighted by atomic mass is 9.90. The van der Waals surface area contributed by atoms with Crippen LogP contribution in [0.1, 0.15) is 83.5 Å². The Labute approximate surface area is 150 Å². The van der Waals surface area contributed by atoms with E-state index >= 15 is 0 Å². The minimum absolute atomic E-state index is 0.134. The second kappa shape index (κ2) is 11.8. The van der Waals surface area contributed by atoms with Crippen LogP contribution in [0.5, 0.6) is 0 Å². The third-order valence-corrected chi connectivity index (χ3v) is 5.06. The fraction of sp³-hybridized carbons (Fsp3) is 0.789. The van der Waals surface area contributed by atoms with E-state index in [1.165, 1.54) is 64.2 Å². The lowest BCUT2D eigenvalue weighted by molar-refractivity contribution is -0.122. The average molecular weight is 348 g/mol. The van der Waals surface area contributed by atoms with Gasteiger partial charge in [-0.3, -0.25) is 9.59 Å². The number of hydrazone groups is 2. The van der Waals surface area contributed by atoms with Crippen LogP contribution in [0.4, 0.5) is 0 Å². The van der Waals surface area contributed by atoms with Crippen LogP contribution in [-0.4, -0.2) is 24.2 Å². The summed E-state index contributed by atoms with van der Waals surface area (Å²) in [6.45, 7) is 0. The molecule has 0 unspecified atom stereocenters. The van der Waals surface area contributed by atoms with Gasteiger partial charge in [0.15, 0.2) is 0 Å². The van der Waals surface area contributed by atoms with Crippen LogP contribution in [0, 0.1) is 11.8 Å². The molecule has 2 amide bonds. The van der Waals surface area contributed by atoms with Crippen molar-refractivity contribution in [2.45, 2.75) is 83.5 Å². The normalized spacial score (nSPS) is 20.2. The number of carbonyl (C=O) groups excluding carboxylic acids is 2. The number of nitrogens with one attached hydrogen (secondary N) is 2. The van der Waals surface area contributed by atoms with Gasteiger partial charge in [0, 0.05) is 25.3 Å². The first-order chi connectivity index (χ1) is 12.2. The highest BCUT2D eigenvalue weighted by molar-refractivity contribution is 5.79. The third kappa shape index (κ3) is 8.79. The van der Waals surface area contributed by atoms with Gasteiger partial charge in [-0.25, -0.2) is 10.9 Å². The highest BCUT2D eigenvalue weighted by Crippen LogP contribution is 2.22. The zero-order valence-corrected chi connectivity index (χ0v) is 15.2. The third-order valence-electron chi connectivity index (χ3n) is 5.06. The zero-order chi connectivity index (χ0) is 17.7. The Bertz CT molecular complexity index is 422. The summed E-state index contributed by atoms with van der Waals surface area (Å²) in [5, 5.41) is 8.09. The first-order valence-electron chi connectivity index (χ1n) is 9.88. The molecule has 2 rings (SSSR count). The maximum absolute atomic E-state index is 11.7. The summed E-state index contributed by atoms with van der Waals surface area (Å²) >= 11 is 0. The minimum Gasteiger partial charge on any atom is -0.273 e. The predicted octanol–water partition coefficient (Wildman–Crippen LogP) is 3.52. The largest absolute Gasteiger partial charge is 0.273 e. The highest BCUT2D eigenvalue weighted by Gasteiger charge is 2.12. The molecule has 0 aromatic heterocycles. The van der Waals surface area contributed by atoms with E-state index in [1.54, 1.807) is 0 Å². The molecule has 140 valence electrons. The van der Waals surface area contributed by atoms with Crippen molar-refractivity contribution in [2.24, 2.45) is 22.0 Å². The summed E-state index contributed by atoms with van der Waals surface area (Å²) in [7, 11) is 0. The molecule has 0 radical (unpaired) electrons. The van der Waals surface area contributed by atoms with Gasteiger partial charge in [0.05, 0.1) is 0 Å². The zero-order valence-electron chi connectivity index (χ0n) is 15.2. The van der Waals surface area contributed by atoms with Gasteiger partial charge >= 0.3 is 0 Å². The van der Waals surface area contributed by atoms with E-state index in [4.69, 9.17) is 0 Å². The van der Waals surface area contributed by atoms with Gasteiger partial charge in [-0.1, -0.05) is 38.5 Å². The summed E-state index contributed by atoms with van der Waals surface area (Å²) in [5.74, 6) is 0.736. The average Bonchev–Trinajstić information content (AvgIpc) is 2.63. The second-order valence-corrected chi connectivity index (χ2v) is 7.28. The van der Waals surface area contributed by atoms with E-state index < -0.39 is 0 Å². The van der Waals surface area contributed by atoms with E-state index in [-0.39, 0.29) is 11.8 Å². The first-order valence-corrected chi connectivity index (χ1v) is 9.88. The molecule has 0 aliphatic heterocycles. The van der Waals surface area contributed by atoms with E-state index in [0.717, 1.165) is 0 Å². The summed E-state index contributed by atoms with van der Waals surface area (Å²) in [5.41, 5.74) is 5.12. The molecule has 0 aromatic rings. The van der Waals surface area contributed by atoms with E-state index in [9.17, 15) is 9.59 Å². The number of hydrogen-bond donors (Lipinski definition) is 2. The van der Waals surface area contributed by atoms with E-state index in [0.29, 0.717) is 31.1 Å². The standard InChI is InChI=1S/C19H32N4O2/c24-18(22-20-14-16-8-3-1-4-9-16)12-7-13-19(25)23-21-15-17-10-5-2-6-11-17/h14-17H,1-13H2,(H,22,24)(H,23,25)/b20-14+,21-15+. The Hall–Kier alpha value is -1.72. The monoisotopic (exact) mass is 348 g/mol. The molecule has 25 heavy (non-hydrogen) atoms. The van der Waals surface area contributed by atoms with Crippen LogP contribution in [0.15, 0.2) is 10.2 Å². The smallest absolute Gasteiger partial charge is 0.240 e. The summed E-state index contributed by atoms with van der Waals surface area (Å²) in [6.07, 6.45) is 17.2. The summed E-state index contributed by atoms with van der Waals surface area (Å²) < 4.78 is 0. The molecule has 2 aliphatic carbocycles. The van der Waals surface area contributed by atoms with E-state index in [1.807, 2.05) is 12.4 Å². The van der Waals surface area contributed by atoms with Crippen molar-refractivity contribution >= 4 is 24.2 Å². The van der Waals surface area contributed by atoms with Crippen LogP contribution >= 0.6 is 0 Å². The SMILES string of the molecule is O=C(CCCC(=O)N/N=C/C1CCCCC1)N/N=C/C1CCCCC1. The molecule has 0 heterocycles. The molecule has 0 aromatic carbocycles. The van der Waals surface area contributed by atoms with Crippen LogP contribution in [-0.2, 0) is 9.59 Å². The predicted molar refractivity (Wildman–Crippen MR) is 100 cm³/mol. The molecule has 6 heteroatoms. The lowest BCUT2D eigenvalue weighted by Crippen LogP contribution is -2.21. The van der Waals surface area contributed by atoms with Crippen molar-refractivity contribution in [2.75, 3.05) is 0 Å². The van der Waals surface area contributed by atoms with Crippen molar-refractivity contribution < 1.29 is 9.59 Å². The molecule has 2 aliphatic rings. The molecule has 6 nitrogen and oxygen atoms in total. The van der Waals surface area contributed by atoms with Gasteiger partial charge in [0.25, 0.3) is 0 Å². The van der Waals surface area contributed by atoms with Gasteiger partial charge < -0.3 is 0 Å². The topological polar surface area (TPSA) is 82.9 Å². The molecule has 0 atom stereocenters. The molecule has 0 bridgehead atoms. The van der Waals surface area contributed by atoms with E-state index in [2.05, 4.69) is 21.1 Å². The van der Waals surface area contributed by atoms with Crippen LogP contribution in [0.25, 0.3) is 0 Å². The number of rotatable bonds is 8.